The SMILES string of the molecule is c1ccc(-c2ccccc2-c2nc(-c3ccc(-c4ccc5c(c4)sc4ccccc45)cc3)nc(-c3cccc(-c4cccc5sc6ccccc6c45)c3)n2)cc1. The van der Waals surface area contributed by atoms with Crippen molar-refractivity contribution in [2.45, 2.75) is 0 Å². The first-order valence-electron chi connectivity index (χ1n) is 18.7. The first-order valence-corrected chi connectivity index (χ1v) is 20.3. The fourth-order valence-electron chi connectivity index (χ4n) is 7.86. The molecular formula is C51H31N3S2. The van der Waals surface area contributed by atoms with E-state index in [0.717, 1.165) is 38.9 Å². The van der Waals surface area contributed by atoms with Crippen molar-refractivity contribution in [1.29, 1.82) is 0 Å². The number of rotatable bonds is 6. The van der Waals surface area contributed by atoms with Crippen LogP contribution in [0.15, 0.2) is 188 Å². The summed E-state index contributed by atoms with van der Waals surface area (Å²) in [5, 5.41) is 5.18. The van der Waals surface area contributed by atoms with Crippen molar-refractivity contribution in [3.8, 4) is 67.5 Å². The number of hydrogen-bond donors (Lipinski definition) is 0. The van der Waals surface area contributed by atoms with E-state index in [4.69, 9.17) is 15.0 Å². The van der Waals surface area contributed by atoms with Gasteiger partial charge in [-0.25, -0.2) is 15.0 Å². The Kier molecular flexibility index (Phi) is 7.87. The van der Waals surface area contributed by atoms with Crippen molar-refractivity contribution in [3.05, 3.63) is 188 Å². The van der Waals surface area contributed by atoms with Crippen LogP contribution in [0.2, 0.25) is 0 Å². The third-order valence-corrected chi connectivity index (χ3v) is 12.8. The number of fused-ring (bicyclic) bond motifs is 6. The molecule has 0 aliphatic carbocycles. The Balaban J connectivity index is 1.04. The fourth-order valence-corrected chi connectivity index (χ4v) is 10.1. The molecule has 5 heteroatoms. The maximum Gasteiger partial charge on any atom is 0.164 e. The molecule has 11 rings (SSSR count). The second kappa shape index (κ2) is 13.5. The van der Waals surface area contributed by atoms with Crippen LogP contribution in [0.1, 0.15) is 0 Å². The summed E-state index contributed by atoms with van der Waals surface area (Å²) < 4.78 is 5.18. The van der Waals surface area contributed by atoms with Crippen molar-refractivity contribution in [1.82, 2.24) is 15.0 Å². The van der Waals surface area contributed by atoms with E-state index in [1.54, 1.807) is 0 Å². The molecule has 0 bridgehead atoms. The summed E-state index contributed by atoms with van der Waals surface area (Å²) in [7, 11) is 0. The molecule has 0 amide bonds. The summed E-state index contributed by atoms with van der Waals surface area (Å²) in [5.74, 6) is 1.91. The Hall–Kier alpha value is -6.79. The van der Waals surface area contributed by atoms with Crippen molar-refractivity contribution in [3.63, 3.8) is 0 Å². The zero-order valence-corrected chi connectivity index (χ0v) is 31.7. The zero-order valence-electron chi connectivity index (χ0n) is 30.1. The molecule has 0 N–H and O–H groups in total. The van der Waals surface area contributed by atoms with Crippen LogP contribution >= 0.6 is 22.7 Å². The minimum Gasteiger partial charge on any atom is -0.208 e. The molecule has 0 saturated carbocycles. The number of hydrogen-bond acceptors (Lipinski definition) is 5. The van der Waals surface area contributed by atoms with Crippen molar-refractivity contribution in [2.75, 3.05) is 0 Å². The lowest BCUT2D eigenvalue weighted by Crippen LogP contribution is -2.01. The molecule has 11 aromatic rings. The highest BCUT2D eigenvalue weighted by Gasteiger charge is 2.17. The second-order valence-corrected chi connectivity index (χ2v) is 16.1. The molecule has 3 aromatic heterocycles. The van der Waals surface area contributed by atoms with Gasteiger partial charge in [0.05, 0.1) is 0 Å². The maximum atomic E-state index is 5.22. The fraction of sp³-hybridized carbons (Fsp3) is 0. The number of aromatic nitrogens is 3. The van der Waals surface area contributed by atoms with E-state index < -0.39 is 0 Å². The molecule has 3 nitrogen and oxygen atoms in total. The van der Waals surface area contributed by atoms with Gasteiger partial charge >= 0.3 is 0 Å². The Morgan fingerprint density at radius 1 is 0.268 bits per heavy atom. The van der Waals surface area contributed by atoms with Crippen LogP contribution in [0.25, 0.3) is 108 Å². The monoisotopic (exact) mass is 749 g/mol. The van der Waals surface area contributed by atoms with Crippen LogP contribution in [0.4, 0.5) is 0 Å². The summed E-state index contributed by atoms with van der Waals surface area (Å²) in [4.78, 5) is 15.6. The summed E-state index contributed by atoms with van der Waals surface area (Å²) in [6, 6.07) is 66.8. The molecule has 0 unspecified atom stereocenters. The van der Waals surface area contributed by atoms with Gasteiger partial charge in [-0.3, -0.25) is 0 Å². The van der Waals surface area contributed by atoms with Crippen LogP contribution in [0.5, 0.6) is 0 Å². The highest BCUT2D eigenvalue weighted by molar-refractivity contribution is 7.26. The zero-order chi connectivity index (χ0) is 37.0. The van der Waals surface area contributed by atoms with Crippen LogP contribution in [-0.2, 0) is 0 Å². The van der Waals surface area contributed by atoms with E-state index in [1.165, 1.54) is 51.5 Å². The summed E-state index contributed by atoms with van der Waals surface area (Å²) in [5.41, 5.74) is 9.70. The average molecular weight is 750 g/mol. The lowest BCUT2D eigenvalue weighted by molar-refractivity contribution is 1.07. The predicted octanol–water partition coefficient (Wildman–Crippen LogP) is 14.6. The van der Waals surface area contributed by atoms with Crippen LogP contribution in [0, 0.1) is 0 Å². The van der Waals surface area contributed by atoms with Crippen molar-refractivity contribution >= 4 is 63.0 Å². The van der Waals surface area contributed by atoms with Gasteiger partial charge in [0, 0.05) is 57.0 Å². The molecule has 56 heavy (non-hydrogen) atoms. The smallest absolute Gasteiger partial charge is 0.164 e. The Morgan fingerprint density at radius 3 is 1.64 bits per heavy atom. The van der Waals surface area contributed by atoms with E-state index in [2.05, 4.69) is 182 Å². The summed E-state index contributed by atoms with van der Waals surface area (Å²) >= 11 is 3.68. The molecule has 0 aliphatic heterocycles. The van der Waals surface area contributed by atoms with Gasteiger partial charge < -0.3 is 0 Å². The van der Waals surface area contributed by atoms with E-state index in [-0.39, 0.29) is 0 Å². The molecule has 0 saturated heterocycles. The summed E-state index contributed by atoms with van der Waals surface area (Å²) in [6.45, 7) is 0. The molecule has 8 aromatic carbocycles. The first kappa shape index (κ1) is 32.6. The second-order valence-electron chi connectivity index (χ2n) is 14.0. The molecule has 0 fully saturated rings. The minimum absolute atomic E-state index is 0.635. The average Bonchev–Trinajstić information content (AvgIpc) is 3.85. The van der Waals surface area contributed by atoms with Gasteiger partial charge in [-0.1, -0.05) is 158 Å². The van der Waals surface area contributed by atoms with Gasteiger partial charge in [0.1, 0.15) is 0 Å². The minimum atomic E-state index is 0.635. The van der Waals surface area contributed by atoms with Crippen LogP contribution in [-0.4, -0.2) is 15.0 Å². The van der Waals surface area contributed by atoms with E-state index in [1.807, 2.05) is 28.7 Å². The van der Waals surface area contributed by atoms with Gasteiger partial charge in [-0.05, 0) is 63.7 Å². The van der Waals surface area contributed by atoms with Crippen LogP contribution < -0.4 is 0 Å². The van der Waals surface area contributed by atoms with Crippen molar-refractivity contribution in [2.24, 2.45) is 0 Å². The molecule has 0 atom stereocenters. The molecule has 0 radical (unpaired) electrons. The number of benzene rings is 8. The third-order valence-electron chi connectivity index (χ3n) is 10.6. The first-order chi connectivity index (χ1) is 27.7. The van der Waals surface area contributed by atoms with E-state index >= 15 is 0 Å². The quantitative estimate of drug-likeness (QED) is 0.170. The number of thiophene rings is 2. The third kappa shape index (κ3) is 5.68. The lowest BCUT2D eigenvalue weighted by Gasteiger charge is -2.13. The van der Waals surface area contributed by atoms with E-state index in [0.29, 0.717) is 17.5 Å². The summed E-state index contributed by atoms with van der Waals surface area (Å²) in [6.07, 6.45) is 0. The lowest BCUT2D eigenvalue weighted by atomic mass is 9.97. The van der Waals surface area contributed by atoms with Gasteiger partial charge in [0.15, 0.2) is 17.5 Å². The Bertz CT molecular complexity index is 3250. The standard InChI is InChI=1S/C51H31N3S2/c1-2-12-33(13-3-1)38-16-4-5-18-42(38)51-53-49(34-26-24-32(25-27-34)35-28-29-41-40-17-6-8-21-44(40)56-47(41)31-35)52-50(54-51)37-15-10-14-36(30-37)39-20-11-23-46-48(39)43-19-7-9-22-45(43)55-46/h1-31H. The van der Waals surface area contributed by atoms with Gasteiger partial charge in [0.25, 0.3) is 0 Å². The molecule has 0 aliphatic rings. The highest BCUT2D eigenvalue weighted by atomic mass is 32.1. The number of nitrogens with zero attached hydrogens (tertiary/aromatic N) is 3. The van der Waals surface area contributed by atoms with Gasteiger partial charge in [0.2, 0.25) is 0 Å². The molecular weight excluding hydrogens is 719 g/mol. The van der Waals surface area contributed by atoms with E-state index in [9.17, 15) is 0 Å². The molecule has 0 spiro atoms. The van der Waals surface area contributed by atoms with Crippen molar-refractivity contribution < 1.29 is 0 Å². The maximum absolute atomic E-state index is 5.22. The molecule has 262 valence electrons. The van der Waals surface area contributed by atoms with Gasteiger partial charge in [-0.2, -0.15) is 0 Å². The molecule has 3 heterocycles. The topological polar surface area (TPSA) is 38.7 Å². The van der Waals surface area contributed by atoms with Crippen LogP contribution in [0.3, 0.4) is 0 Å². The largest absolute Gasteiger partial charge is 0.208 e. The van der Waals surface area contributed by atoms with Gasteiger partial charge in [-0.15, -0.1) is 22.7 Å². The highest BCUT2D eigenvalue weighted by Crippen LogP contribution is 2.41. The Labute approximate surface area is 331 Å². The normalized spacial score (nSPS) is 11.6. The predicted molar refractivity (Wildman–Crippen MR) is 238 cm³/mol. The Morgan fingerprint density at radius 2 is 0.804 bits per heavy atom.